The van der Waals surface area contributed by atoms with Gasteiger partial charge in [-0.3, -0.25) is 4.90 Å². The summed E-state index contributed by atoms with van der Waals surface area (Å²) in [5.74, 6) is -4.57. The van der Waals surface area contributed by atoms with Gasteiger partial charge in [0.1, 0.15) is 0 Å². The molecule has 0 aliphatic heterocycles. The van der Waals surface area contributed by atoms with Gasteiger partial charge in [0, 0.05) is 78.0 Å². The average molecular weight is 505 g/mol. The maximum Gasteiger partial charge on any atom is 1.00 e. The van der Waals surface area contributed by atoms with Crippen LogP contribution in [0.2, 0.25) is 6.04 Å². The van der Waals surface area contributed by atoms with Crippen molar-refractivity contribution in [1.82, 2.24) is 10.2 Å². The Kier molecular flexibility index (Phi) is 27.4. The summed E-state index contributed by atoms with van der Waals surface area (Å²) in [5, 5.41) is 36.8. The van der Waals surface area contributed by atoms with Crippen molar-refractivity contribution in [2.75, 3.05) is 54.1 Å². The fraction of sp³-hybridized carbons (Fsp3) is 0.812. The van der Waals surface area contributed by atoms with Gasteiger partial charge in [0.25, 0.3) is 0 Å². The van der Waals surface area contributed by atoms with Crippen LogP contribution in [0.1, 0.15) is 19.3 Å². The summed E-state index contributed by atoms with van der Waals surface area (Å²) in [5.41, 5.74) is 4.04. The van der Waals surface area contributed by atoms with Crippen LogP contribution in [-0.4, -0.2) is 91.2 Å². The van der Waals surface area contributed by atoms with Crippen molar-refractivity contribution in [3.8, 4) is 0 Å². The molecule has 0 aliphatic rings. The van der Waals surface area contributed by atoms with Gasteiger partial charge in [0.05, 0.1) is 11.9 Å². The van der Waals surface area contributed by atoms with Gasteiger partial charge in [0.15, 0.2) is 0 Å². The molecule has 0 aromatic carbocycles. The summed E-state index contributed by atoms with van der Waals surface area (Å²) in [6, 6.07) is 0.298. The number of carboxylic acids is 3. The fourth-order valence-corrected chi connectivity index (χ4v) is 4.93. The number of nitrogens with two attached hydrogens (primary N) is 1. The quantitative estimate of drug-likeness (QED) is 0.132. The van der Waals surface area contributed by atoms with E-state index in [0.29, 0.717) is 19.0 Å². The van der Waals surface area contributed by atoms with E-state index in [1.54, 1.807) is 0 Å². The van der Waals surface area contributed by atoms with E-state index in [0.717, 1.165) is 4.90 Å². The molecule has 1 atom stereocenters. The molecule has 12 nitrogen and oxygen atoms in total. The van der Waals surface area contributed by atoms with Crippen LogP contribution < -0.4 is 115 Å². The summed E-state index contributed by atoms with van der Waals surface area (Å²) >= 11 is 0. The Balaban J connectivity index is -0.00000131. The molecule has 0 amide bonds. The van der Waals surface area contributed by atoms with Gasteiger partial charge in [0.2, 0.25) is 0 Å². The number of nitrogens with zero attached hydrogens (tertiary/aromatic N) is 1. The number of carbonyl (C=O) groups is 3. The molecule has 16 heteroatoms. The van der Waals surface area contributed by atoms with Crippen LogP contribution in [0, 0.1) is 0 Å². The molecule has 0 bridgehead atoms. The van der Waals surface area contributed by atoms with Crippen LogP contribution in [0.5, 0.6) is 0 Å². The van der Waals surface area contributed by atoms with Crippen molar-refractivity contribution < 1.29 is 132 Å². The van der Waals surface area contributed by atoms with Gasteiger partial charge in [-0.1, -0.05) is 0 Å². The van der Waals surface area contributed by atoms with E-state index < -0.39 is 51.8 Å². The number of nitrogens with one attached hydrogen (secondary N) is 1. The first-order chi connectivity index (χ1) is 13.6. The maximum atomic E-state index is 11.5. The van der Waals surface area contributed by atoms with Crippen LogP contribution in [0.4, 0.5) is 0 Å². The minimum absolute atomic E-state index is 0. The largest absolute Gasteiger partial charge is 1.00 e. The molecule has 0 fully saturated rings. The Hall–Kier alpha value is 1.39. The maximum absolute atomic E-state index is 11.5. The number of carboxylic acid groups (broad SMARTS) is 3. The third kappa shape index (κ3) is 15.4. The predicted octanol–water partition coefficient (Wildman–Crippen LogP) is -14.1. The molecule has 0 radical (unpaired) electrons. The van der Waals surface area contributed by atoms with Crippen LogP contribution in [0.25, 0.3) is 0 Å². The fourth-order valence-electron chi connectivity index (χ4n) is 3.21. The van der Waals surface area contributed by atoms with E-state index >= 15 is 0 Å². The predicted molar refractivity (Wildman–Crippen MR) is 96.7 cm³/mol. The van der Waals surface area contributed by atoms with Crippen molar-refractivity contribution in [1.29, 1.82) is 0 Å². The molecular formula is C16H30N3Na3O9Si. The minimum Gasteiger partial charge on any atom is -0.550 e. The molecule has 3 N–H and O–H groups in total. The first-order valence-corrected chi connectivity index (χ1v) is 10.9. The van der Waals surface area contributed by atoms with E-state index in [4.69, 9.17) is 19.0 Å². The Labute approximate surface area is 256 Å². The average Bonchev–Trinajstić information content (AvgIpc) is 2.64. The molecular weight excluding hydrogens is 475 g/mol. The minimum atomic E-state index is -2.97. The molecule has 0 spiro atoms. The Morgan fingerprint density at radius 2 is 1.41 bits per heavy atom. The van der Waals surface area contributed by atoms with Gasteiger partial charge in [-0.15, -0.1) is 0 Å². The normalized spacial score (nSPS) is 12.7. The number of hydrogen-bond acceptors (Lipinski definition) is 12. The second-order valence-corrected chi connectivity index (χ2v) is 9.58. The summed E-state index contributed by atoms with van der Waals surface area (Å²) in [6.45, 7) is -1.08. The van der Waals surface area contributed by atoms with Crippen LogP contribution in [0.15, 0.2) is 0 Å². The van der Waals surface area contributed by atoms with E-state index in [-0.39, 0.29) is 108 Å². The van der Waals surface area contributed by atoms with Crippen LogP contribution in [0.3, 0.4) is 0 Å². The molecule has 0 aromatic rings. The van der Waals surface area contributed by atoms with Crippen molar-refractivity contribution in [3.05, 3.63) is 0 Å². The zero-order chi connectivity index (χ0) is 22.5. The Morgan fingerprint density at radius 3 is 1.75 bits per heavy atom. The van der Waals surface area contributed by atoms with Crippen LogP contribution >= 0.6 is 0 Å². The molecule has 0 rings (SSSR count). The van der Waals surface area contributed by atoms with Crippen molar-refractivity contribution in [2.45, 2.75) is 30.8 Å². The molecule has 32 heavy (non-hydrogen) atoms. The first kappa shape index (κ1) is 40.6. The Morgan fingerprint density at radius 1 is 0.938 bits per heavy atom. The van der Waals surface area contributed by atoms with Gasteiger partial charge >= 0.3 is 97.5 Å². The van der Waals surface area contributed by atoms with Gasteiger partial charge in [-0.05, 0) is 12.8 Å². The standard InChI is InChI=1S/C16H33N3O9Si.3Na/c1-26-29(27-2,28-3)8-4-5-16(9-13(20)21,12-18-7-6-17)19(10-14(22)23)11-15(24)25;;;/h18H,4-12,17H2,1-3H3,(H,20,21)(H,22,23)(H,24,25);;;/q;3*+1/p-3. The molecule has 0 aromatic heterocycles. The second kappa shape index (κ2) is 21.7. The molecule has 170 valence electrons. The van der Waals surface area contributed by atoms with E-state index in [1.165, 1.54) is 21.3 Å². The van der Waals surface area contributed by atoms with Crippen LogP contribution in [-0.2, 0) is 27.7 Å². The number of aliphatic carboxylic acids is 3. The Bertz CT molecular complexity index is 524. The third-order valence-electron chi connectivity index (χ3n) is 4.62. The van der Waals surface area contributed by atoms with Crippen molar-refractivity contribution >= 4 is 26.7 Å². The van der Waals surface area contributed by atoms with Crippen molar-refractivity contribution in [3.63, 3.8) is 0 Å². The summed E-state index contributed by atoms with van der Waals surface area (Å²) in [6.07, 6.45) is -0.230. The van der Waals surface area contributed by atoms with Gasteiger partial charge in [-0.25, -0.2) is 0 Å². The number of rotatable bonds is 18. The van der Waals surface area contributed by atoms with Gasteiger partial charge < -0.3 is 54.0 Å². The second-order valence-electron chi connectivity index (χ2n) is 6.49. The SMILES string of the molecule is CO[Si](CCCC(CNCCN)(CC(=O)[O-])N(CC(=O)[O-])CC(=O)[O-])(OC)OC.[Na+].[Na+].[Na+]. The summed E-state index contributed by atoms with van der Waals surface area (Å²) in [7, 11) is 1.30. The molecule has 1 unspecified atom stereocenters. The molecule has 0 heterocycles. The topological polar surface area (TPSA) is 189 Å². The third-order valence-corrected chi connectivity index (χ3v) is 7.45. The van der Waals surface area contributed by atoms with E-state index in [2.05, 4.69) is 5.32 Å². The molecule has 0 aliphatic carbocycles. The first-order valence-electron chi connectivity index (χ1n) is 9.01. The number of hydrogen-bond donors (Lipinski definition) is 2. The zero-order valence-corrected chi connectivity index (χ0v) is 27.1. The van der Waals surface area contributed by atoms with E-state index in [9.17, 15) is 29.7 Å². The summed E-state index contributed by atoms with van der Waals surface area (Å²) < 4.78 is 16.0. The van der Waals surface area contributed by atoms with Gasteiger partial charge in [-0.2, -0.15) is 0 Å². The monoisotopic (exact) mass is 505 g/mol. The smallest absolute Gasteiger partial charge is 0.550 e. The number of carbonyl (C=O) groups excluding carboxylic acids is 3. The summed E-state index contributed by atoms with van der Waals surface area (Å²) in [4.78, 5) is 34.9. The van der Waals surface area contributed by atoms with E-state index in [1.807, 2.05) is 0 Å². The van der Waals surface area contributed by atoms with Crippen molar-refractivity contribution in [2.24, 2.45) is 5.73 Å². The zero-order valence-electron chi connectivity index (χ0n) is 20.1. The molecule has 0 saturated carbocycles. The molecule has 0 saturated heterocycles.